The lowest BCUT2D eigenvalue weighted by molar-refractivity contribution is -0.144. The second-order valence-electron chi connectivity index (χ2n) is 3.81. The van der Waals surface area contributed by atoms with Crippen LogP contribution < -0.4 is 10.6 Å². The average molecular weight is 214 g/mol. The Balaban J connectivity index is 2.25. The van der Waals surface area contributed by atoms with Gasteiger partial charge in [0, 0.05) is 12.5 Å². The Morgan fingerprint density at radius 1 is 1.60 bits per heavy atom. The zero-order chi connectivity index (χ0) is 11.3. The number of esters is 1. The predicted molar refractivity (Wildman–Crippen MR) is 55.3 cm³/mol. The number of amides is 1. The molecule has 0 aliphatic carbocycles. The van der Waals surface area contributed by atoms with Crippen LogP contribution in [0.5, 0.6) is 0 Å². The molecule has 0 bridgehead atoms. The van der Waals surface area contributed by atoms with E-state index in [4.69, 9.17) is 0 Å². The smallest absolute Gasteiger partial charge is 0.328 e. The number of methoxy groups -OCH3 is 1. The number of nitrogens with one attached hydrogen (secondary N) is 2. The third-order valence-corrected chi connectivity index (χ3v) is 2.53. The van der Waals surface area contributed by atoms with Crippen LogP contribution in [-0.4, -0.2) is 37.6 Å². The molecule has 0 spiro atoms. The molecule has 1 rings (SSSR count). The zero-order valence-corrected chi connectivity index (χ0v) is 9.21. The van der Waals surface area contributed by atoms with Gasteiger partial charge in [-0.25, -0.2) is 4.79 Å². The molecular formula is C10H18N2O3. The molecule has 2 atom stereocenters. The zero-order valence-electron chi connectivity index (χ0n) is 9.21. The molecule has 0 saturated carbocycles. The van der Waals surface area contributed by atoms with Crippen molar-refractivity contribution in [3.8, 4) is 0 Å². The molecular weight excluding hydrogens is 196 g/mol. The first-order valence-electron chi connectivity index (χ1n) is 5.24. The quantitative estimate of drug-likeness (QED) is 0.636. The van der Waals surface area contributed by atoms with Crippen LogP contribution in [0.15, 0.2) is 0 Å². The standard InChI is InChI=1S/C10H18N2O3/c1-7(10(14)15-2)12-9(13)6-8-4-3-5-11-8/h7-8,11H,3-6H2,1-2H3,(H,12,13)/t7-,8?/m0/s1. The molecule has 2 N–H and O–H groups in total. The topological polar surface area (TPSA) is 67.4 Å². The van der Waals surface area contributed by atoms with Crippen molar-refractivity contribution < 1.29 is 14.3 Å². The van der Waals surface area contributed by atoms with Crippen LogP contribution in [0.25, 0.3) is 0 Å². The molecule has 15 heavy (non-hydrogen) atoms. The normalized spacial score (nSPS) is 22.1. The molecule has 1 heterocycles. The van der Waals surface area contributed by atoms with Crippen LogP contribution in [0.4, 0.5) is 0 Å². The summed E-state index contributed by atoms with van der Waals surface area (Å²) in [6, 6.07) is -0.307. The van der Waals surface area contributed by atoms with Crippen LogP contribution >= 0.6 is 0 Å². The minimum atomic E-state index is -0.566. The van der Waals surface area contributed by atoms with Crippen molar-refractivity contribution in [2.75, 3.05) is 13.7 Å². The predicted octanol–water partition coefficient (Wildman–Crippen LogP) is -0.194. The van der Waals surface area contributed by atoms with Crippen LogP contribution in [0.2, 0.25) is 0 Å². The van der Waals surface area contributed by atoms with Gasteiger partial charge in [0.2, 0.25) is 5.91 Å². The summed E-state index contributed by atoms with van der Waals surface area (Å²) in [4.78, 5) is 22.5. The van der Waals surface area contributed by atoms with Gasteiger partial charge in [0.25, 0.3) is 0 Å². The summed E-state index contributed by atoms with van der Waals surface area (Å²) in [7, 11) is 1.31. The fourth-order valence-corrected chi connectivity index (χ4v) is 1.69. The van der Waals surface area contributed by atoms with Crippen molar-refractivity contribution >= 4 is 11.9 Å². The van der Waals surface area contributed by atoms with Crippen LogP contribution in [-0.2, 0) is 14.3 Å². The van der Waals surface area contributed by atoms with E-state index in [2.05, 4.69) is 15.4 Å². The van der Waals surface area contributed by atoms with Gasteiger partial charge in [0.1, 0.15) is 6.04 Å². The lowest BCUT2D eigenvalue weighted by atomic mass is 10.1. The maximum atomic E-state index is 11.5. The van der Waals surface area contributed by atoms with Crippen LogP contribution in [0, 0.1) is 0 Å². The van der Waals surface area contributed by atoms with Gasteiger partial charge in [-0.15, -0.1) is 0 Å². The highest BCUT2D eigenvalue weighted by Gasteiger charge is 2.20. The van der Waals surface area contributed by atoms with E-state index >= 15 is 0 Å². The van der Waals surface area contributed by atoms with Gasteiger partial charge in [-0.2, -0.15) is 0 Å². The number of carbonyl (C=O) groups excluding carboxylic acids is 2. The second kappa shape index (κ2) is 5.70. The van der Waals surface area contributed by atoms with Gasteiger partial charge >= 0.3 is 5.97 Å². The molecule has 1 aliphatic heterocycles. The summed E-state index contributed by atoms with van der Waals surface area (Å²) in [5.41, 5.74) is 0. The molecule has 1 fully saturated rings. The minimum Gasteiger partial charge on any atom is -0.467 e. The number of rotatable bonds is 4. The summed E-state index contributed by atoms with van der Waals surface area (Å²) in [5.74, 6) is -0.518. The van der Waals surface area contributed by atoms with Crippen molar-refractivity contribution in [3.63, 3.8) is 0 Å². The monoisotopic (exact) mass is 214 g/mol. The fraction of sp³-hybridized carbons (Fsp3) is 0.800. The van der Waals surface area contributed by atoms with Crippen LogP contribution in [0.3, 0.4) is 0 Å². The van der Waals surface area contributed by atoms with E-state index in [0.29, 0.717) is 6.42 Å². The molecule has 1 unspecified atom stereocenters. The van der Waals surface area contributed by atoms with E-state index in [0.717, 1.165) is 19.4 Å². The molecule has 1 amide bonds. The molecule has 86 valence electrons. The summed E-state index contributed by atoms with van der Waals surface area (Å²) >= 11 is 0. The van der Waals surface area contributed by atoms with Crippen LogP contribution in [0.1, 0.15) is 26.2 Å². The number of hydrogen-bond donors (Lipinski definition) is 2. The first-order valence-corrected chi connectivity index (χ1v) is 5.24. The average Bonchev–Trinajstić information content (AvgIpc) is 2.68. The highest BCUT2D eigenvalue weighted by atomic mass is 16.5. The summed E-state index contributed by atoms with van der Waals surface area (Å²) in [6.07, 6.45) is 2.58. The van der Waals surface area contributed by atoms with E-state index in [1.807, 2.05) is 0 Å². The highest BCUT2D eigenvalue weighted by molar-refractivity contribution is 5.84. The Hall–Kier alpha value is -1.10. The largest absolute Gasteiger partial charge is 0.467 e. The molecule has 0 aromatic heterocycles. The molecule has 5 heteroatoms. The van der Waals surface area contributed by atoms with E-state index in [1.54, 1.807) is 6.92 Å². The van der Waals surface area contributed by atoms with E-state index in [-0.39, 0.29) is 11.9 Å². The van der Waals surface area contributed by atoms with Crippen molar-refractivity contribution in [1.82, 2.24) is 10.6 Å². The third-order valence-electron chi connectivity index (χ3n) is 2.53. The second-order valence-corrected chi connectivity index (χ2v) is 3.81. The van der Waals surface area contributed by atoms with E-state index in [9.17, 15) is 9.59 Å². The van der Waals surface area contributed by atoms with E-state index in [1.165, 1.54) is 7.11 Å². The lowest BCUT2D eigenvalue weighted by Gasteiger charge is -2.14. The third kappa shape index (κ3) is 3.87. The maximum Gasteiger partial charge on any atom is 0.328 e. The van der Waals surface area contributed by atoms with Gasteiger partial charge in [-0.3, -0.25) is 4.79 Å². The highest BCUT2D eigenvalue weighted by Crippen LogP contribution is 2.08. The molecule has 0 aromatic rings. The molecule has 0 radical (unpaired) electrons. The molecule has 0 aromatic carbocycles. The lowest BCUT2D eigenvalue weighted by Crippen LogP contribution is -2.41. The maximum absolute atomic E-state index is 11.5. The van der Waals surface area contributed by atoms with Gasteiger partial charge < -0.3 is 15.4 Å². The molecule has 1 aliphatic rings. The Morgan fingerprint density at radius 2 is 2.33 bits per heavy atom. The Labute approximate surface area is 89.6 Å². The van der Waals surface area contributed by atoms with Crippen molar-refractivity contribution in [1.29, 1.82) is 0 Å². The van der Waals surface area contributed by atoms with Crippen molar-refractivity contribution in [2.24, 2.45) is 0 Å². The summed E-state index contributed by atoms with van der Waals surface area (Å²) in [6.45, 7) is 2.59. The number of carbonyl (C=O) groups is 2. The Morgan fingerprint density at radius 3 is 2.87 bits per heavy atom. The summed E-state index contributed by atoms with van der Waals surface area (Å²) < 4.78 is 4.51. The number of ether oxygens (including phenoxy) is 1. The number of hydrogen-bond acceptors (Lipinski definition) is 4. The minimum absolute atomic E-state index is 0.104. The van der Waals surface area contributed by atoms with Gasteiger partial charge in [0.15, 0.2) is 0 Å². The SMILES string of the molecule is COC(=O)[C@H](C)NC(=O)CC1CCCN1. The van der Waals surface area contributed by atoms with Crippen molar-refractivity contribution in [3.05, 3.63) is 0 Å². The first-order chi connectivity index (χ1) is 7.13. The summed E-state index contributed by atoms with van der Waals surface area (Å²) in [5, 5.41) is 5.83. The van der Waals surface area contributed by atoms with Crippen molar-refractivity contribution in [2.45, 2.75) is 38.3 Å². The Bertz CT molecular complexity index is 237. The Kier molecular flexibility index (Phi) is 4.55. The van der Waals surface area contributed by atoms with Gasteiger partial charge in [0.05, 0.1) is 7.11 Å². The van der Waals surface area contributed by atoms with E-state index < -0.39 is 12.0 Å². The fourth-order valence-electron chi connectivity index (χ4n) is 1.69. The van der Waals surface area contributed by atoms with Gasteiger partial charge in [-0.05, 0) is 26.3 Å². The molecule has 1 saturated heterocycles. The molecule has 5 nitrogen and oxygen atoms in total. The van der Waals surface area contributed by atoms with Gasteiger partial charge in [-0.1, -0.05) is 0 Å². The first kappa shape index (κ1) is 12.0.